The molecule has 28 heavy (non-hydrogen) atoms. The van der Waals surface area contributed by atoms with Gasteiger partial charge in [0.05, 0.1) is 16.8 Å². The first-order chi connectivity index (χ1) is 13.3. The van der Waals surface area contributed by atoms with Crippen LogP contribution in [-0.4, -0.2) is 47.7 Å². The largest absolute Gasteiger partial charge is 0.493 e. The van der Waals surface area contributed by atoms with E-state index in [9.17, 15) is 18.3 Å². The van der Waals surface area contributed by atoms with E-state index >= 15 is 0 Å². The van der Waals surface area contributed by atoms with Crippen molar-refractivity contribution in [1.82, 2.24) is 9.78 Å². The van der Waals surface area contributed by atoms with Crippen LogP contribution in [0.25, 0.3) is 0 Å². The second-order valence-electron chi connectivity index (χ2n) is 6.80. The third kappa shape index (κ3) is 3.66. The van der Waals surface area contributed by atoms with Crippen LogP contribution in [0.4, 0.5) is 0 Å². The van der Waals surface area contributed by atoms with Gasteiger partial charge in [0.25, 0.3) is 0 Å². The molecule has 0 spiro atoms. The first-order valence-corrected chi connectivity index (χ1v) is 11.0. The molecular weight excluding hydrogens is 382 g/mol. The van der Waals surface area contributed by atoms with Gasteiger partial charge >= 0.3 is 0 Å². The van der Waals surface area contributed by atoms with Crippen LogP contribution in [0.2, 0.25) is 0 Å². The smallest absolute Gasteiger partial charge is 0.220 e. The zero-order valence-corrected chi connectivity index (χ0v) is 16.9. The van der Waals surface area contributed by atoms with E-state index in [-0.39, 0.29) is 16.3 Å². The highest BCUT2D eigenvalue weighted by Crippen LogP contribution is 2.31. The lowest BCUT2D eigenvalue weighted by molar-refractivity contribution is 0.103. The van der Waals surface area contributed by atoms with E-state index in [1.807, 2.05) is 6.92 Å². The lowest BCUT2D eigenvalue weighted by Gasteiger charge is -2.17. The molecule has 1 aromatic carbocycles. The van der Waals surface area contributed by atoms with Crippen LogP contribution in [0.5, 0.6) is 5.88 Å². The first kappa shape index (κ1) is 20.1. The molecule has 0 bridgehead atoms. The molecule has 0 saturated heterocycles. The van der Waals surface area contributed by atoms with Gasteiger partial charge in [-0.05, 0) is 30.5 Å². The van der Waals surface area contributed by atoms with Gasteiger partial charge in [-0.1, -0.05) is 18.5 Å². The number of hydrogen-bond donors (Lipinski definition) is 1. The van der Waals surface area contributed by atoms with Crippen LogP contribution < -0.4 is 0 Å². The standard InChI is InChI=1S/C19H23N3O5S/c1-4-5-6-12-13(18(23)14-11-20-22(2)19(14)24)7-8-16(28(3,25)26)17(12)15-9-10-27-21-15/h7-8,11,24H,4-6,9-10H2,1-3H3. The molecule has 0 unspecified atom stereocenters. The van der Waals surface area contributed by atoms with Gasteiger partial charge in [-0.25, -0.2) is 13.1 Å². The molecule has 0 aliphatic carbocycles. The highest BCUT2D eigenvalue weighted by Gasteiger charge is 2.29. The number of oxime groups is 1. The van der Waals surface area contributed by atoms with Crippen LogP contribution in [0, 0.1) is 0 Å². The quantitative estimate of drug-likeness (QED) is 0.707. The lowest BCUT2D eigenvalue weighted by atomic mass is 9.89. The van der Waals surface area contributed by atoms with E-state index in [1.165, 1.54) is 30.1 Å². The van der Waals surface area contributed by atoms with Crippen LogP contribution >= 0.6 is 0 Å². The van der Waals surface area contributed by atoms with Crippen molar-refractivity contribution in [2.45, 2.75) is 37.5 Å². The SMILES string of the molecule is CCCCc1c(C(=O)c2cnn(C)c2O)ccc(S(C)(=O)=O)c1C1=NOCC1. The number of rotatable bonds is 7. The van der Waals surface area contributed by atoms with Crippen LogP contribution in [0.3, 0.4) is 0 Å². The highest BCUT2D eigenvalue weighted by atomic mass is 32.2. The Balaban J connectivity index is 2.27. The van der Waals surface area contributed by atoms with Crippen molar-refractivity contribution >= 4 is 21.3 Å². The monoisotopic (exact) mass is 405 g/mol. The molecule has 0 fully saturated rings. The van der Waals surface area contributed by atoms with Gasteiger partial charge in [0.1, 0.15) is 12.2 Å². The van der Waals surface area contributed by atoms with Gasteiger partial charge in [0.15, 0.2) is 15.6 Å². The van der Waals surface area contributed by atoms with Crippen molar-refractivity contribution in [3.63, 3.8) is 0 Å². The molecule has 2 aromatic rings. The van der Waals surface area contributed by atoms with Crippen molar-refractivity contribution < 1.29 is 23.2 Å². The predicted molar refractivity (Wildman–Crippen MR) is 104 cm³/mol. The summed E-state index contributed by atoms with van der Waals surface area (Å²) in [5.74, 6) is -0.640. The molecular formula is C19H23N3O5S. The van der Waals surface area contributed by atoms with E-state index in [0.29, 0.717) is 41.9 Å². The lowest BCUT2D eigenvalue weighted by Crippen LogP contribution is -2.16. The summed E-state index contributed by atoms with van der Waals surface area (Å²) in [7, 11) is -2.01. The van der Waals surface area contributed by atoms with Crippen molar-refractivity contribution in [3.05, 3.63) is 40.6 Å². The molecule has 0 amide bonds. The Morgan fingerprint density at radius 1 is 1.32 bits per heavy atom. The second-order valence-corrected chi connectivity index (χ2v) is 8.78. The zero-order chi connectivity index (χ0) is 20.5. The number of sulfone groups is 1. The van der Waals surface area contributed by atoms with Gasteiger partial charge in [0.2, 0.25) is 5.88 Å². The number of nitrogens with zero attached hydrogens (tertiary/aromatic N) is 3. The van der Waals surface area contributed by atoms with Crippen LogP contribution in [-0.2, 0) is 28.1 Å². The number of carbonyl (C=O) groups excluding carboxylic acids is 1. The number of carbonyl (C=O) groups is 1. The summed E-state index contributed by atoms with van der Waals surface area (Å²) in [5.41, 5.74) is 2.00. The fourth-order valence-corrected chi connectivity index (χ4v) is 4.22. The van der Waals surface area contributed by atoms with Crippen LogP contribution in [0.15, 0.2) is 28.4 Å². The fourth-order valence-electron chi connectivity index (χ4n) is 3.30. The fraction of sp³-hybridized carbons (Fsp3) is 0.421. The Hall–Kier alpha value is -2.68. The topological polar surface area (TPSA) is 111 Å². The molecule has 1 N–H and O–H groups in total. The number of benzene rings is 1. The number of unbranched alkanes of at least 4 members (excludes halogenated alkanes) is 1. The average molecular weight is 405 g/mol. The van der Waals surface area contributed by atoms with E-state index in [0.717, 1.165) is 19.1 Å². The maximum Gasteiger partial charge on any atom is 0.220 e. The van der Waals surface area contributed by atoms with Crippen LogP contribution in [0.1, 0.15) is 53.2 Å². The number of aromatic nitrogens is 2. The molecule has 8 nitrogen and oxygen atoms in total. The number of aromatic hydroxyl groups is 1. The van der Waals surface area contributed by atoms with Crippen molar-refractivity contribution in [3.8, 4) is 5.88 Å². The third-order valence-corrected chi connectivity index (χ3v) is 5.88. The molecule has 0 radical (unpaired) electrons. The summed E-state index contributed by atoms with van der Waals surface area (Å²) in [6, 6.07) is 2.94. The third-order valence-electron chi connectivity index (χ3n) is 4.74. The number of aryl methyl sites for hydroxylation is 1. The normalized spacial score (nSPS) is 14.0. The van der Waals surface area contributed by atoms with Gasteiger partial charge in [-0.2, -0.15) is 5.10 Å². The van der Waals surface area contributed by atoms with E-state index in [4.69, 9.17) is 4.84 Å². The summed E-state index contributed by atoms with van der Waals surface area (Å²) >= 11 is 0. The molecule has 0 atom stereocenters. The van der Waals surface area contributed by atoms with Gasteiger partial charge in [-0.15, -0.1) is 0 Å². The van der Waals surface area contributed by atoms with Gasteiger partial charge in [0, 0.05) is 30.9 Å². The average Bonchev–Trinajstić information content (AvgIpc) is 3.29. The molecule has 9 heteroatoms. The minimum Gasteiger partial charge on any atom is -0.493 e. The summed E-state index contributed by atoms with van der Waals surface area (Å²) in [6.45, 7) is 2.39. The summed E-state index contributed by atoms with van der Waals surface area (Å²) in [6.07, 6.45) is 5.07. The Kier molecular flexibility index (Phi) is 5.55. The molecule has 1 aromatic heterocycles. The molecule has 1 aliphatic rings. The summed E-state index contributed by atoms with van der Waals surface area (Å²) < 4.78 is 26.0. The number of ketones is 1. The Labute approximate surface area is 163 Å². The van der Waals surface area contributed by atoms with E-state index in [1.54, 1.807) is 0 Å². The maximum atomic E-state index is 13.2. The molecule has 1 aliphatic heterocycles. The van der Waals surface area contributed by atoms with Crippen molar-refractivity contribution in [2.24, 2.45) is 12.2 Å². The summed E-state index contributed by atoms with van der Waals surface area (Å²) in [4.78, 5) is 18.4. The Morgan fingerprint density at radius 3 is 2.61 bits per heavy atom. The zero-order valence-electron chi connectivity index (χ0n) is 16.1. The summed E-state index contributed by atoms with van der Waals surface area (Å²) in [5, 5.41) is 18.1. The molecule has 3 rings (SSSR count). The van der Waals surface area contributed by atoms with Crippen molar-refractivity contribution in [2.75, 3.05) is 12.9 Å². The second kappa shape index (κ2) is 7.75. The van der Waals surface area contributed by atoms with E-state index < -0.39 is 15.6 Å². The Morgan fingerprint density at radius 2 is 2.07 bits per heavy atom. The molecule has 0 saturated carbocycles. The molecule has 2 heterocycles. The Bertz CT molecular complexity index is 1050. The van der Waals surface area contributed by atoms with E-state index in [2.05, 4.69) is 10.3 Å². The highest BCUT2D eigenvalue weighted by molar-refractivity contribution is 7.90. The van der Waals surface area contributed by atoms with Gasteiger partial charge < -0.3 is 9.94 Å². The minimum absolute atomic E-state index is 0.0721. The number of hydrogen-bond acceptors (Lipinski definition) is 7. The maximum absolute atomic E-state index is 13.2. The molecule has 150 valence electrons. The minimum atomic E-state index is -3.54. The first-order valence-electron chi connectivity index (χ1n) is 9.06. The van der Waals surface area contributed by atoms with Crippen molar-refractivity contribution in [1.29, 1.82) is 0 Å². The van der Waals surface area contributed by atoms with Gasteiger partial charge in [-0.3, -0.25) is 4.79 Å². The predicted octanol–water partition coefficient (Wildman–Crippen LogP) is 2.23.